The minimum Gasteiger partial charge on any atom is -0.453 e. The molecule has 4 nitrogen and oxygen atoms in total. The average Bonchev–Trinajstić information content (AvgIpc) is 3.13. The van der Waals surface area contributed by atoms with Crippen LogP contribution in [0, 0.1) is 0 Å². The standard InChI is InChI=1S/C29H29Cl3N2O2/c1-36-28(35)33-29(16-19-10-12-20(30)13-11-19)17-21-14-15-22(18-29)34(21)27(23-6-2-4-8-25(23)31)24-7-3-5-9-26(24)32/h2-13,21-22,27H,14-18H2,1H3,(H,33,35)/t21-,22+,29?. The average molecular weight is 544 g/mol. The molecule has 2 aliphatic heterocycles. The van der Waals surface area contributed by atoms with Gasteiger partial charge in [-0.05, 0) is 73.1 Å². The normalized spacial score (nSPS) is 23.6. The first kappa shape index (κ1) is 25.4. The van der Waals surface area contributed by atoms with Crippen LogP contribution < -0.4 is 5.32 Å². The van der Waals surface area contributed by atoms with E-state index in [0.717, 1.165) is 52.4 Å². The van der Waals surface area contributed by atoms with Crippen molar-refractivity contribution < 1.29 is 9.53 Å². The van der Waals surface area contributed by atoms with Crippen molar-refractivity contribution in [3.05, 3.63) is 105 Å². The number of methoxy groups -OCH3 is 1. The quantitative estimate of drug-likeness (QED) is 0.346. The molecule has 3 atom stereocenters. The molecule has 2 aliphatic rings. The summed E-state index contributed by atoms with van der Waals surface area (Å²) in [4.78, 5) is 15.1. The number of hydrogen-bond acceptors (Lipinski definition) is 3. The van der Waals surface area contributed by atoms with Crippen molar-refractivity contribution in [1.82, 2.24) is 10.2 Å². The number of ether oxygens (including phenoxy) is 1. The molecule has 0 aliphatic carbocycles. The van der Waals surface area contributed by atoms with E-state index >= 15 is 0 Å². The summed E-state index contributed by atoms with van der Waals surface area (Å²) in [6.07, 6.45) is 4.00. The zero-order valence-electron chi connectivity index (χ0n) is 20.1. The van der Waals surface area contributed by atoms with Gasteiger partial charge in [-0.3, -0.25) is 4.90 Å². The minimum absolute atomic E-state index is 0.0726. The molecule has 36 heavy (non-hydrogen) atoms. The predicted octanol–water partition coefficient (Wildman–Crippen LogP) is 7.70. The fourth-order valence-electron chi connectivity index (χ4n) is 6.24. The topological polar surface area (TPSA) is 41.6 Å². The second-order valence-corrected chi connectivity index (χ2v) is 11.1. The van der Waals surface area contributed by atoms with Crippen LogP contribution in [0.15, 0.2) is 72.8 Å². The molecular weight excluding hydrogens is 515 g/mol. The summed E-state index contributed by atoms with van der Waals surface area (Å²) in [6.45, 7) is 0. The first-order chi connectivity index (χ1) is 17.4. The van der Waals surface area contributed by atoms with Crippen LogP contribution in [-0.2, 0) is 11.2 Å². The number of carbonyl (C=O) groups is 1. The molecule has 2 fully saturated rings. The Labute approximate surface area is 227 Å². The number of amides is 1. The smallest absolute Gasteiger partial charge is 0.407 e. The van der Waals surface area contributed by atoms with Gasteiger partial charge in [-0.25, -0.2) is 4.79 Å². The Morgan fingerprint density at radius 2 is 1.44 bits per heavy atom. The summed E-state index contributed by atoms with van der Waals surface area (Å²) in [6, 6.07) is 24.3. The van der Waals surface area contributed by atoms with Crippen LogP contribution in [0.3, 0.4) is 0 Å². The molecule has 3 aromatic carbocycles. The van der Waals surface area contributed by atoms with Gasteiger partial charge in [-0.2, -0.15) is 0 Å². The van der Waals surface area contributed by atoms with Gasteiger partial charge in [-0.1, -0.05) is 83.3 Å². The van der Waals surface area contributed by atoms with Crippen molar-refractivity contribution in [3.8, 4) is 0 Å². The van der Waals surface area contributed by atoms with E-state index < -0.39 is 11.6 Å². The molecule has 0 radical (unpaired) electrons. The predicted molar refractivity (Wildman–Crippen MR) is 146 cm³/mol. The highest BCUT2D eigenvalue weighted by atomic mass is 35.5. The van der Waals surface area contributed by atoms with Crippen LogP contribution in [-0.4, -0.2) is 35.7 Å². The number of fused-ring (bicyclic) bond motifs is 2. The van der Waals surface area contributed by atoms with Gasteiger partial charge in [0.25, 0.3) is 0 Å². The van der Waals surface area contributed by atoms with Crippen molar-refractivity contribution in [1.29, 1.82) is 0 Å². The highest BCUT2D eigenvalue weighted by Gasteiger charge is 2.52. The van der Waals surface area contributed by atoms with E-state index in [1.807, 2.05) is 60.7 Å². The Hall–Kier alpha value is -2.24. The third kappa shape index (κ3) is 5.10. The summed E-state index contributed by atoms with van der Waals surface area (Å²) >= 11 is 19.7. The van der Waals surface area contributed by atoms with Gasteiger partial charge in [0, 0.05) is 27.2 Å². The lowest BCUT2D eigenvalue weighted by molar-refractivity contribution is 0.0432. The number of alkyl carbamates (subject to hydrolysis) is 1. The van der Waals surface area contributed by atoms with E-state index in [0.29, 0.717) is 11.4 Å². The second kappa shape index (κ2) is 10.6. The van der Waals surface area contributed by atoms with Crippen LogP contribution >= 0.6 is 34.8 Å². The molecule has 0 spiro atoms. The number of piperidine rings is 1. The SMILES string of the molecule is COC(=O)NC1(Cc2ccc(Cl)cc2)C[C@H]2CC[C@@H](C1)N2C(c1ccccc1Cl)c1ccccc1Cl. The van der Waals surface area contributed by atoms with Gasteiger partial charge in [-0.15, -0.1) is 0 Å². The molecule has 0 aromatic heterocycles. The number of nitrogens with one attached hydrogen (secondary N) is 1. The highest BCUT2D eigenvalue weighted by molar-refractivity contribution is 6.32. The van der Waals surface area contributed by atoms with Gasteiger partial charge < -0.3 is 10.1 Å². The number of hydrogen-bond donors (Lipinski definition) is 1. The Balaban J connectivity index is 1.53. The van der Waals surface area contributed by atoms with Crippen LogP contribution in [0.4, 0.5) is 4.79 Å². The molecule has 2 heterocycles. The van der Waals surface area contributed by atoms with Crippen LogP contribution in [0.25, 0.3) is 0 Å². The Bertz CT molecular complexity index is 1170. The van der Waals surface area contributed by atoms with Crippen LogP contribution in [0.1, 0.15) is 48.4 Å². The van der Waals surface area contributed by atoms with Gasteiger partial charge in [0.1, 0.15) is 0 Å². The van der Waals surface area contributed by atoms with Crippen molar-refractivity contribution >= 4 is 40.9 Å². The van der Waals surface area contributed by atoms with Crippen molar-refractivity contribution in [2.45, 2.75) is 55.8 Å². The first-order valence-electron chi connectivity index (χ1n) is 12.3. The second-order valence-electron chi connectivity index (χ2n) is 9.89. The molecule has 3 aromatic rings. The zero-order valence-corrected chi connectivity index (χ0v) is 22.4. The highest BCUT2D eigenvalue weighted by Crippen LogP contribution is 2.50. The minimum atomic E-state index is -0.422. The van der Waals surface area contributed by atoms with Crippen LogP contribution in [0.5, 0.6) is 0 Å². The van der Waals surface area contributed by atoms with Gasteiger partial charge >= 0.3 is 6.09 Å². The molecule has 2 bridgehead atoms. The number of nitrogens with zero attached hydrogens (tertiary/aromatic N) is 1. The largest absolute Gasteiger partial charge is 0.453 e. The van der Waals surface area contributed by atoms with Gasteiger partial charge in [0.2, 0.25) is 0 Å². The first-order valence-corrected chi connectivity index (χ1v) is 13.4. The zero-order chi connectivity index (χ0) is 25.3. The fourth-order valence-corrected chi connectivity index (χ4v) is 6.84. The van der Waals surface area contributed by atoms with E-state index in [-0.39, 0.29) is 18.1 Å². The lowest BCUT2D eigenvalue weighted by Gasteiger charge is -2.50. The molecule has 1 amide bonds. The molecule has 1 N–H and O–H groups in total. The van der Waals surface area contributed by atoms with Crippen LogP contribution in [0.2, 0.25) is 15.1 Å². The van der Waals surface area contributed by atoms with E-state index in [1.165, 1.54) is 7.11 Å². The molecule has 0 saturated carbocycles. The van der Waals surface area contributed by atoms with E-state index in [2.05, 4.69) is 22.3 Å². The third-order valence-corrected chi connectivity index (χ3v) is 8.58. The molecule has 7 heteroatoms. The number of halogens is 3. The van der Waals surface area contributed by atoms with E-state index in [1.54, 1.807) is 0 Å². The Morgan fingerprint density at radius 1 is 0.917 bits per heavy atom. The van der Waals surface area contributed by atoms with Crippen molar-refractivity contribution in [3.63, 3.8) is 0 Å². The number of benzene rings is 3. The number of carbonyl (C=O) groups excluding carboxylic acids is 1. The molecule has 2 saturated heterocycles. The summed E-state index contributed by atoms with van der Waals surface area (Å²) < 4.78 is 5.05. The maximum atomic E-state index is 12.5. The summed E-state index contributed by atoms with van der Waals surface area (Å²) in [5.41, 5.74) is 2.82. The monoisotopic (exact) mass is 542 g/mol. The Kier molecular flexibility index (Phi) is 7.50. The summed E-state index contributed by atoms with van der Waals surface area (Å²) in [5.74, 6) is 0. The maximum absolute atomic E-state index is 12.5. The molecule has 1 unspecified atom stereocenters. The van der Waals surface area contributed by atoms with Gasteiger partial charge in [0.15, 0.2) is 0 Å². The van der Waals surface area contributed by atoms with Crippen molar-refractivity contribution in [2.24, 2.45) is 0 Å². The molecule has 5 rings (SSSR count). The number of rotatable bonds is 6. The summed E-state index contributed by atoms with van der Waals surface area (Å²) in [7, 11) is 1.42. The third-order valence-electron chi connectivity index (χ3n) is 7.64. The van der Waals surface area contributed by atoms with Gasteiger partial charge in [0.05, 0.1) is 18.7 Å². The summed E-state index contributed by atoms with van der Waals surface area (Å²) in [5, 5.41) is 5.39. The maximum Gasteiger partial charge on any atom is 0.407 e. The lowest BCUT2D eigenvalue weighted by Crippen LogP contribution is -2.60. The Morgan fingerprint density at radius 3 is 1.94 bits per heavy atom. The molecule has 188 valence electrons. The lowest BCUT2D eigenvalue weighted by atomic mass is 9.77. The van der Waals surface area contributed by atoms with E-state index in [9.17, 15) is 4.79 Å². The van der Waals surface area contributed by atoms with E-state index in [4.69, 9.17) is 39.5 Å². The van der Waals surface area contributed by atoms with Crippen molar-refractivity contribution in [2.75, 3.05) is 7.11 Å². The fraction of sp³-hybridized carbons (Fsp3) is 0.345. The molecular formula is C29H29Cl3N2O2.